The molecule has 0 unspecified atom stereocenters. The third-order valence-corrected chi connectivity index (χ3v) is 2.61. The molecule has 2 aromatic rings. The lowest BCUT2D eigenvalue weighted by Gasteiger charge is -2.04. The first-order valence-corrected chi connectivity index (χ1v) is 4.73. The molecule has 0 fully saturated rings. The van der Waals surface area contributed by atoms with Gasteiger partial charge in [-0.05, 0) is 6.07 Å². The van der Waals surface area contributed by atoms with Crippen LogP contribution in [0.4, 0.5) is 0 Å². The monoisotopic (exact) mass is 224 g/mol. The van der Waals surface area contributed by atoms with Gasteiger partial charge >= 0.3 is 5.97 Å². The second-order valence-electron chi connectivity index (χ2n) is 3.22. The highest BCUT2D eigenvalue weighted by atomic mass is 35.5. The zero-order valence-electron chi connectivity index (χ0n) is 7.70. The predicted molar refractivity (Wildman–Crippen MR) is 57.9 cm³/mol. The molecule has 5 heteroatoms. The van der Waals surface area contributed by atoms with Crippen molar-refractivity contribution in [2.24, 2.45) is 5.73 Å². The molecule has 1 heterocycles. The summed E-state index contributed by atoms with van der Waals surface area (Å²) in [6.07, 6.45) is 1.58. The van der Waals surface area contributed by atoms with Crippen molar-refractivity contribution in [1.29, 1.82) is 0 Å². The highest BCUT2D eigenvalue weighted by Crippen LogP contribution is 2.27. The first-order chi connectivity index (χ1) is 7.11. The Labute approximate surface area is 90.7 Å². The summed E-state index contributed by atoms with van der Waals surface area (Å²) in [4.78, 5) is 13.7. The number of H-pyrrole nitrogens is 1. The summed E-state index contributed by atoms with van der Waals surface area (Å²) in [7, 11) is 0. The van der Waals surface area contributed by atoms with E-state index in [1.165, 1.54) is 0 Å². The molecule has 0 bridgehead atoms. The number of fused-ring (bicyclic) bond motifs is 1. The van der Waals surface area contributed by atoms with E-state index in [0.29, 0.717) is 16.1 Å². The standard InChI is InChI=1S/C10H9ClN2O2/c11-7-3-1-2-5-6(4-13-9(5)7)8(12)10(14)15/h1-4,8,13H,12H2,(H,14,15)/t8-/m0/s1. The first-order valence-electron chi connectivity index (χ1n) is 4.35. The molecule has 0 saturated carbocycles. The van der Waals surface area contributed by atoms with Crippen LogP contribution in [0.3, 0.4) is 0 Å². The van der Waals surface area contributed by atoms with Crippen LogP contribution in [0.15, 0.2) is 24.4 Å². The third kappa shape index (κ3) is 1.58. The van der Waals surface area contributed by atoms with Crippen LogP contribution in [0, 0.1) is 0 Å². The van der Waals surface area contributed by atoms with Crippen molar-refractivity contribution in [1.82, 2.24) is 4.98 Å². The Morgan fingerprint density at radius 3 is 2.93 bits per heavy atom. The minimum absolute atomic E-state index is 0.542. The van der Waals surface area contributed by atoms with Crippen molar-refractivity contribution in [2.75, 3.05) is 0 Å². The minimum Gasteiger partial charge on any atom is -0.480 e. The van der Waals surface area contributed by atoms with E-state index in [1.807, 2.05) is 0 Å². The zero-order chi connectivity index (χ0) is 11.0. The predicted octanol–water partition coefficient (Wildman–Crippen LogP) is 1.91. The van der Waals surface area contributed by atoms with Gasteiger partial charge in [0.1, 0.15) is 6.04 Å². The molecule has 4 nitrogen and oxygen atoms in total. The molecule has 0 aliphatic carbocycles. The van der Waals surface area contributed by atoms with E-state index < -0.39 is 12.0 Å². The number of para-hydroxylation sites is 1. The van der Waals surface area contributed by atoms with Gasteiger partial charge < -0.3 is 15.8 Å². The van der Waals surface area contributed by atoms with Gasteiger partial charge in [0, 0.05) is 17.1 Å². The van der Waals surface area contributed by atoms with Crippen LogP contribution in [0.1, 0.15) is 11.6 Å². The number of aliphatic carboxylic acids is 1. The van der Waals surface area contributed by atoms with Crippen LogP contribution in [-0.2, 0) is 4.79 Å². The van der Waals surface area contributed by atoms with Gasteiger partial charge in [-0.2, -0.15) is 0 Å². The number of carboxylic acid groups (broad SMARTS) is 1. The van der Waals surface area contributed by atoms with Crippen LogP contribution in [0.25, 0.3) is 10.9 Å². The van der Waals surface area contributed by atoms with Crippen molar-refractivity contribution in [2.45, 2.75) is 6.04 Å². The number of nitrogens with one attached hydrogen (secondary N) is 1. The summed E-state index contributed by atoms with van der Waals surface area (Å²) in [5, 5.41) is 10.1. The molecule has 1 atom stereocenters. The molecule has 0 radical (unpaired) electrons. The molecule has 4 N–H and O–H groups in total. The largest absolute Gasteiger partial charge is 0.480 e. The van der Waals surface area contributed by atoms with Crippen molar-refractivity contribution < 1.29 is 9.90 Å². The maximum absolute atomic E-state index is 10.8. The number of carboxylic acids is 1. The Morgan fingerprint density at radius 2 is 2.27 bits per heavy atom. The Balaban J connectivity index is 2.64. The van der Waals surface area contributed by atoms with Gasteiger partial charge in [-0.3, -0.25) is 4.79 Å². The number of hydrogen-bond donors (Lipinski definition) is 3. The molecule has 0 spiro atoms. The van der Waals surface area contributed by atoms with E-state index >= 15 is 0 Å². The molecule has 1 aromatic heterocycles. The Hall–Kier alpha value is -1.52. The van der Waals surface area contributed by atoms with Crippen molar-refractivity contribution in [3.63, 3.8) is 0 Å². The molecular weight excluding hydrogens is 216 g/mol. The summed E-state index contributed by atoms with van der Waals surface area (Å²) in [5.41, 5.74) is 6.79. The lowest BCUT2D eigenvalue weighted by Crippen LogP contribution is -2.20. The number of aromatic amines is 1. The van der Waals surface area contributed by atoms with Crippen molar-refractivity contribution in [3.8, 4) is 0 Å². The van der Waals surface area contributed by atoms with Crippen LogP contribution < -0.4 is 5.73 Å². The minimum atomic E-state index is -1.06. The molecule has 15 heavy (non-hydrogen) atoms. The number of nitrogens with two attached hydrogens (primary N) is 1. The third-order valence-electron chi connectivity index (χ3n) is 2.30. The molecule has 0 aliphatic heterocycles. The van der Waals surface area contributed by atoms with Crippen LogP contribution >= 0.6 is 11.6 Å². The Bertz CT molecular complexity index is 521. The number of aromatic nitrogens is 1. The zero-order valence-corrected chi connectivity index (χ0v) is 8.45. The van der Waals surface area contributed by atoms with E-state index in [1.54, 1.807) is 24.4 Å². The Morgan fingerprint density at radius 1 is 1.53 bits per heavy atom. The van der Waals surface area contributed by atoms with Crippen molar-refractivity contribution in [3.05, 3.63) is 35.0 Å². The number of halogens is 1. The van der Waals surface area contributed by atoms with Gasteiger partial charge in [-0.15, -0.1) is 0 Å². The normalized spacial score (nSPS) is 12.9. The van der Waals surface area contributed by atoms with Crippen molar-refractivity contribution >= 4 is 28.5 Å². The summed E-state index contributed by atoms with van der Waals surface area (Å²) in [5.74, 6) is -1.06. The number of hydrogen-bond acceptors (Lipinski definition) is 2. The number of rotatable bonds is 2. The molecule has 78 valence electrons. The molecule has 0 aliphatic rings. The molecule has 2 rings (SSSR count). The lowest BCUT2D eigenvalue weighted by molar-refractivity contribution is -0.138. The summed E-state index contributed by atoms with van der Waals surface area (Å²) < 4.78 is 0. The second kappa shape index (κ2) is 3.56. The highest BCUT2D eigenvalue weighted by molar-refractivity contribution is 6.35. The van der Waals surface area contributed by atoms with E-state index in [0.717, 1.165) is 5.39 Å². The molecule has 1 aromatic carbocycles. The summed E-state index contributed by atoms with van der Waals surface area (Å²) in [6, 6.07) is 4.25. The fraction of sp³-hybridized carbons (Fsp3) is 0.100. The average Bonchev–Trinajstić information content (AvgIpc) is 2.61. The van der Waals surface area contributed by atoms with E-state index in [-0.39, 0.29) is 0 Å². The first kappa shape index (κ1) is 10.0. The van der Waals surface area contributed by atoms with E-state index in [9.17, 15) is 4.79 Å². The van der Waals surface area contributed by atoms with Gasteiger partial charge in [-0.1, -0.05) is 23.7 Å². The fourth-order valence-corrected chi connectivity index (χ4v) is 1.76. The van der Waals surface area contributed by atoms with E-state index in [2.05, 4.69) is 4.98 Å². The maximum atomic E-state index is 10.8. The van der Waals surface area contributed by atoms with Gasteiger partial charge in [0.25, 0.3) is 0 Å². The quantitative estimate of drug-likeness (QED) is 0.729. The van der Waals surface area contributed by atoms with Gasteiger partial charge in [-0.25, -0.2) is 0 Å². The summed E-state index contributed by atoms with van der Waals surface area (Å²) >= 11 is 5.94. The molecule has 0 saturated heterocycles. The average molecular weight is 225 g/mol. The molecular formula is C10H9ClN2O2. The van der Waals surface area contributed by atoms with E-state index in [4.69, 9.17) is 22.4 Å². The highest BCUT2D eigenvalue weighted by Gasteiger charge is 2.18. The van der Waals surface area contributed by atoms with Gasteiger partial charge in [0.05, 0.1) is 10.5 Å². The topological polar surface area (TPSA) is 79.1 Å². The molecule has 0 amide bonds. The van der Waals surface area contributed by atoms with Crippen LogP contribution in [0.2, 0.25) is 5.02 Å². The number of carbonyl (C=O) groups is 1. The smallest absolute Gasteiger partial charge is 0.325 e. The van der Waals surface area contributed by atoms with Crippen LogP contribution in [0.5, 0.6) is 0 Å². The Kier molecular flexibility index (Phi) is 2.38. The van der Waals surface area contributed by atoms with Gasteiger partial charge in [0.15, 0.2) is 0 Å². The number of benzene rings is 1. The SMILES string of the molecule is N[C@H](C(=O)O)c1c[nH]c2c(Cl)cccc12. The lowest BCUT2D eigenvalue weighted by atomic mass is 10.1. The van der Waals surface area contributed by atoms with Gasteiger partial charge in [0.2, 0.25) is 0 Å². The van der Waals surface area contributed by atoms with Crippen LogP contribution in [-0.4, -0.2) is 16.1 Å². The maximum Gasteiger partial charge on any atom is 0.325 e. The second-order valence-corrected chi connectivity index (χ2v) is 3.63. The summed E-state index contributed by atoms with van der Waals surface area (Å²) in [6.45, 7) is 0. The fourth-order valence-electron chi connectivity index (χ4n) is 1.53.